The second-order valence-electron chi connectivity index (χ2n) is 2.50. The molecule has 5 nitrogen and oxygen atoms in total. The minimum Gasteiger partial charge on any atom is -0.338 e. The molecule has 0 spiro atoms. The Morgan fingerprint density at radius 3 is 2.47 bits per heavy atom. The van der Waals surface area contributed by atoms with Gasteiger partial charge in [0.25, 0.3) is 0 Å². The molecule has 1 rings (SSSR count). The Morgan fingerprint density at radius 1 is 1.47 bits per heavy atom. The zero-order valence-corrected chi connectivity index (χ0v) is 9.48. The van der Waals surface area contributed by atoms with Crippen molar-refractivity contribution in [3.05, 3.63) is 10.7 Å². The Labute approximate surface area is 89.3 Å². The maximum absolute atomic E-state index is 11.0. The van der Waals surface area contributed by atoms with Gasteiger partial charge in [0.1, 0.15) is 0 Å². The number of anilines is 1. The fourth-order valence-corrected chi connectivity index (χ4v) is 0.817. The summed E-state index contributed by atoms with van der Waals surface area (Å²) in [6.07, 6.45) is 0. The molecule has 3 N–H and O–H groups in total. The van der Waals surface area contributed by atoms with Crippen LogP contribution in [0.1, 0.15) is 20.8 Å². The van der Waals surface area contributed by atoms with Crippen molar-refractivity contribution < 1.29 is 4.79 Å². The number of H-pyrrole nitrogens is 1. The van der Waals surface area contributed by atoms with Gasteiger partial charge in [-0.1, -0.05) is 27.0 Å². The van der Waals surface area contributed by atoms with Crippen molar-refractivity contribution in [2.24, 2.45) is 0 Å². The lowest BCUT2D eigenvalue weighted by molar-refractivity contribution is 0.252. The molecule has 2 amide bonds. The van der Waals surface area contributed by atoms with Crippen LogP contribution in [0.5, 0.6) is 0 Å². The fourth-order valence-electron chi connectivity index (χ4n) is 0.817. The quantitative estimate of drug-likeness (QED) is 0.661. The molecule has 84 valence electrons. The summed E-state index contributed by atoms with van der Waals surface area (Å²) < 4.78 is 0. The van der Waals surface area contributed by atoms with Gasteiger partial charge in [0.15, 0.2) is 0 Å². The summed E-state index contributed by atoms with van der Waals surface area (Å²) in [5.74, 6) is 0.362. The first-order valence-electron chi connectivity index (χ1n) is 4.92. The number of urea groups is 1. The molecule has 0 aliphatic heterocycles. The Hall–Kier alpha value is -1.78. The van der Waals surface area contributed by atoms with E-state index in [0.717, 1.165) is 0 Å². The molecule has 0 fully saturated rings. The van der Waals surface area contributed by atoms with E-state index in [1.54, 1.807) is 0 Å². The minimum atomic E-state index is -0.295. The predicted molar refractivity (Wildman–Crippen MR) is 62.9 cm³/mol. The molecule has 0 aliphatic rings. The monoisotopic (exact) mass is 210 g/mol. The van der Waals surface area contributed by atoms with Crippen LogP contribution in [0.4, 0.5) is 10.7 Å². The molecule has 1 aromatic heterocycles. The summed E-state index contributed by atoms with van der Waals surface area (Å²) in [5.41, 5.74) is 0. The molecule has 15 heavy (non-hydrogen) atoms. The molecule has 0 saturated heterocycles. The van der Waals surface area contributed by atoms with E-state index < -0.39 is 0 Å². The lowest BCUT2D eigenvalue weighted by Crippen LogP contribution is -2.28. The highest BCUT2D eigenvalue weighted by atomic mass is 16.2. The van der Waals surface area contributed by atoms with Crippen molar-refractivity contribution in [1.82, 2.24) is 15.3 Å². The maximum atomic E-state index is 11.0. The number of rotatable bonds is 2. The number of imidazole rings is 1. The number of nitrogens with zero attached hydrogens (tertiary/aromatic N) is 1. The van der Waals surface area contributed by atoms with Gasteiger partial charge in [-0.25, -0.2) is 9.78 Å². The highest BCUT2D eigenvalue weighted by molar-refractivity contribution is 5.87. The van der Waals surface area contributed by atoms with Crippen LogP contribution in [0.3, 0.4) is 0 Å². The van der Waals surface area contributed by atoms with Gasteiger partial charge < -0.3 is 10.3 Å². The number of aromatic nitrogens is 2. The number of amides is 2. The molecule has 0 aliphatic carbocycles. The van der Waals surface area contributed by atoms with Crippen LogP contribution in [0.25, 0.3) is 13.2 Å². The minimum absolute atomic E-state index is 0.295. The van der Waals surface area contributed by atoms with Gasteiger partial charge in [-0.05, 0) is 6.92 Å². The van der Waals surface area contributed by atoms with E-state index in [-0.39, 0.29) is 6.03 Å². The van der Waals surface area contributed by atoms with Crippen molar-refractivity contribution in [3.63, 3.8) is 0 Å². The zero-order valence-electron chi connectivity index (χ0n) is 9.48. The van der Waals surface area contributed by atoms with Crippen LogP contribution >= 0.6 is 0 Å². The van der Waals surface area contributed by atoms with Crippen molar-refractivity contribution >= 4 is 25.1 Å². The van der Waals surface area contributed by atoms with Gasteiger partial charge >= 0.3 is 6.03 Å². The van der Waals surface area contributed by atoms with Gasteiger partial charge in [-0.2, -0.15) is 0 Å². The maximum Gasteiger partial charge on any atom is 0.321 e. The summed E-state index contributed by atoms with van der Waals surface area (Å²) in [6.45, 7) is 13.7. The third-order valence-corrected chi connectivity index (χ3v) is 1.43. The Bertz CT molecular complexity index is 369. The van der Waals surface area contributed by atoms with Crippen LogP contribution in [-0.4, -0.2) is 22.5 Å². The first-order chi connectivity index (χ1) is 7.13. The molecular weight excluding hydrogens is 192 g/mol. The van der Waals surface area contributed by atoms with E-state index in [4.69, 9.17) is 0 Å². The smallest absolute Gasteiger partial charge is 0.321 e. The van der Waals surface area contributed by atoms with Crippen molar-refractivity contribution in [3.8, 4) is 0 Å². The molecule has 0 unspecified atom stereocenters. The number of carbonyl (C=O) groups excluding carboxylic acids is 1. The molecule has 0 radical (unpaired) electrons. The fraction of sp³-hybridized carbons (Fsp3) is 0.400. The largest absolute Gasteiger partial charge is 0.338 e. The van der Waals surface area contributed by atoms with Gasteiger partial charge in [0, 0.05) is 6.54 Å². The highest BCUT2D eigenvalue weighted by Gasteiger charge is 2.01. The topological polar surface area (TPSA) is 69.8 Å². The molecule has 0 saturated carbocycles. The van der Waals surface area contributed by atoms with Crippen LogP contribution < -0.4 is 21.3 Å². The van der Waals surface area contributed by atoms with Crippen molar-refractivity contribution in [1.29, 1.82) is 0 Å². The number of aromatic amines is 1. The van der Waals surface area contributed by atoms with Crippen molar-refractivity contribution in [2.45, 2.75) is 20.8 Å². The summed E-state index contributed by atoms with van der Waals surface area (Å²) in [6, 6.07) is -0.295. The first-order valence-corrected chi connectivity index (χ1v) is 4.92. The zero-order chi connectivity index (χ0) is 11.8. The first kappa shape index (κ1) is 13.2. The number of hydrogen-bond donors (Lipinski definition) is 3. The number of nitrogens with one attached hydrogen (secondary N) is 3. The normalized spacial score (nSPS) is 8.73. The van der Waals surface area contributed by atoms with E-state index >= 15 is 0 Å². The average Bonchev–Trinajstić information content (AvgIpc) is 2.49. The number of hydrogen-bond acceptors (Lipinski definition) is 2. The molecular formula is C10H18N4O. The molecule has 0 atom stereocenters. The third-order valence-electron chi connectivity index (χ3n) is 1.43. The molecule has 0 bridgehead atoms. The van der Waals surface area contributed by atoms with E-state index in [9.17, 15) is 4.79 Å². The predicted octanol–water partition coefficient (Wildman–Crippen LogP) is 0.398. The molecule has 0 aromatic carbocycles. The average molecular weight is 210 g/mol. The second-order valence-corrected chi connectivity index (χ2v) is 2.50. The van der Waals surface area contributed by atoms with Crippen LogP contribution in [-0.2, 0) is 0 Å². The van der Waals surface area contributed by atoms with E-state index in [2.05, 4.69) is 33.8 Å². The Morgan fingerprint density at radius 2 is 2.07 bits per heavy atom. The summed E-state index contributed by atoms with van der Waals surface area (Å²) in [4.78, 5) is 17.7. The third kappa shape index (κ3) is 4.30. The van der Waals surface area contributed by atoms with E-state index in [0.29, 0.717) is 23.2 Å². The lowest BCUT2D eigenvalue weighted by Gasteiger charge is -2.00. The molecule has 1 heterocycles. The summed E-state index contributed by atoms with van der Waals surface area (Å²) >= 11 is 0. The highest BCUT2D eigenvalue weighted by Crippen LogP contribution is 1.86. The number of carbonyl (C=O) groups is 1. The second kappa shape index (κ2) is 6.64. The van der Waals surface area contributed by atoms with Crippen molar-refractivity contribution in [2.75, 3.05) is 11.9 Å². The van der Waals surface area contributed by atoms with Crippen LogP contribution in [0, 0.1) is 0 Å². The summed E-state index contributed by atoms with van der Waals surface area (Å²) in [5, 5.41) is 6.22. The summed E-state index contributed by atoms with van der Waals surface area (Å²) in [7, 11) is 0. The SMILES string of the molecule is C=c1nc(NC(=O)NCC)[nH]c1=C.CC. The van der Waals surface area contributed by atoms with E-state index in [1.807, 2.05) is 20.8 Å². The van der Waals surface area contributed by atoms with E-state index in [1.165, 1.54) is 0 Å². The molecule has 5 heteroatoms. The van der Waals surface area contributed by atoms with Gasteiger partial charge in [0.2, 0.25) is 5.95 Å². The van der Waals surface area contributed by atoms with Gasteiger partial charge in [0.05, 0.1) is 10.7 Å². The van der Waals surface area contributed by atoms with Gasteiger partial charge in [-0.15, -0.1) is 0 Å². The van der Waals surface area contributed by atoms with Crippen LogP contribution in [0.2, 0.25) is 0 Å². The standard InChI is InChI=1S/C8H12N4O.C2H6/c1-4-9-8(13)12-7-10-5(2)6(3)11-7;1-2/h2-4H2,1H3,(H3,9,10,11,12,13);1-2H3. The van der Waals surface area contributed by atoms with Gasteiger partial charge in [-0.3, -0.25) is 5.32 Å². The molecule has 1 aromatic rings. The lowest BCUT2D eigenvalue weighted by atomic mass is 10.6. The van der Waals surface area contributed by atoms with Crippen LogP contribution in [0.15, 0.2) is 0 Å². The Balaban J connectivity index is 0.000000921. The Kier molecular flexibility index (Phi) is 5.85.